The van der Waals surface area contributed by atoms with Crippen LogP contribution >= 0.6 is 11.8 Å². The van der Waals surface area contributed by atoms with Crippen molar-refractivity contribution in [2.75, 3.05) is 12.9 Å². The van der Waals surface area contributed by atoms with Crippen LogP contribution in [0.2, 0.25) is 0 Å². The average molecular weight is 306 g/mol. The zero-order valence-electron chi connectivity index (χ0n) is 13.8. The number of thioether (sulfide) groups is 1. The molecule has 0 saturated carbocycles. The molecule has 0 N–H and O–H groups in total. The zero-order chi connectivity index (χ0) is 15.7. The molecule has 0 atom stereocenters. The van der Waals surface area contributed by atoms with Gasteiger partial charge in [-0.25, -0.2) is 0 Å². The third-order valence-electron chi connectivity index (χ3n) is 4.63. The molecule has 0 heterocycles. The van der Waals surface area contributed by atoms with E-state index in [4.69, 9.17) is 0 Å². The molecular weight excluding hydrogens is 280 g/mol. The maximum absolute atomic E-state index is 11.2. The Kier molecular flexibility index (Phi) is 4.72. The number of fused-ring (bicyclic) bond motifs is 1. The number of ether oxygens (including phenoxy) is 1. The van der Waals surface area contributed by atoms with Gasteiger partial charge in [0.15, 0.2) is 0 Å². The number of methoxy groups -OCH3 is 1. The predicted molar refractivity (Wildman–Crippen MR) is 89.1 cm³/mol. The molecule has 1 aromatic carbocycles. The lowest BCUT2D eigenvalue weighted by Gasteiger charge is -2.42. The van der Waals surface area contributed by atoms with E-state index in [9.17, 15) is 4.79 Å². The first kappa shape index (κ1) is 16.4. The van der Waals surface area contributed by atoms with Crippen molar-refractivity contribution in [2.24, 2.45) is 0 Å². The van der Waals surface area contributed by atoms with Gasteiger partial charge in [-0.05, 0) is 46.9 Å². The fourth-order valence-corrected chi connectivity index (χ4v) is 3.88. The lowest BCUT2D eigenvalue weighted by molar-refractivity contribution is -0.140. The van der Waals surface area contributed by atoms with Gasteiger partial charge < -0.3 is 4.74 Å². The summed E-state index contributed by atoms with van der Waals surface area (Å²) in [7, 11) is 1.44. The number of hydrogen-bond donors (Lipinski definition) is 0. The van der Waals surface area contributed by atoms with Gasteiger partial charge in [-0.1, -0.05) is 33.8 Å². The normalized spacial score (nSPS) is 18.9. The Hall–Kier alpha value is -0.960. The van der Waals surface area contributed by atoms with E-state index in [2.05, 4.69) is 50.6 Å². The fourth-order valence-electron chi connectivity index (χ4n) is 3.01. The van der Waals surface area contributed by atoms with Gasteiger partial charge in [0, 0.05) is 10.6 Å². The van der Waals surface area contributed by atoms with Crippen molar-refractivity contribution in [3.05, 3.63) is 29.3 Å². The van der Waals surface area contributed by atoms with Crippen molar-refractivity contribution >= 4 is 17.7 Å². The van der Waals surface area contributed by atoms with Crippen LogP contribution in [0.15, 0.2) is 23.1 Å². The Morgan fingerprint density at radius 3 is 2.38 bits per heavy atom. The molecule has 2 nitrogen and oxygen atoms in total. The summed E-state index contributed by atoms with van der Waals surface area (Å²) < 4.78 is 4.69. The number of rotatable bonds is 4. The number of esters is 1. The van der Waals surface area contributed by atoms with E-state index in [0.717, 1.165) is 5.75 Å². The lowest BCUT2D eigenvalue weighted by Crippen LogP contribution is -2.33. The highest BCUT2D eigenvalue weighted by molar-refractivity contribution is 7.99. The molecule has 116 valence electrons. The second-order valence-electron chi connectivity index (χ2n) is 7.15. The van der Waals surface area contributed by atoms with Crippen LogP contribution in [0.5, 0.6) is 0 Å². The van der Waals surface area contributed by atoms with Crippen LogP contribution < -0.4 is 0 Å². The Morgan fingerprint density at radius 1 is 1.14 bits per heavy atom. The van der Waals surface area contributed by atoms with E-state index in [-0.39, 0.29) is 16.8 Å². The molecule has 0 fully saturated rings. The summed E-state index contributed by atoms with van der Waals surface area (Å²) in [6, 6.07) is 6.82. The SMILES string of the molecule is COC(=O)CCSc1ccc2c(c1)C(C)(C)CCC2(C)C. The minimum Gasteiger partial charge on any atom is -0.469 e. The quantitative estimate of drug-likeness (QED) is 0.596. The molecule has 0 aliphatic heterocycles. The molecule has 1 aromatic rings. The third kappa shape index (κ3) is 3.63. The first-order valence-electron chi connectivity index (χ1n) is 7.61. The molecule has 21 heavy (non-hydrogen) atoms. The number of carbonyl (C=O) groups is 1. The maximum atomic E-state index is 11.2. The minimum atomic E-state index is -0.137. The summed E-state index contributed by atoms with van der Waals surface area (Å²) in [4.78, 5) is 12.4. The molecule has 0 spiro atoms. The molecule has 0 bridgehead atoms. The van der Waals surface area contributed by atoms with Crippen molar-refractivity contribution in [1.29, 1.82) is 0 Å². The number of hydrogen-bond acceptors (Lipinski definition) is 3. The van der Waals surface area contributed by atoms with Gasteiger partial charge in [0.2, 0.25) is 0 Å². The molecule has 0 unspecified atom stereocenters. The van der Waals surface area contributed by atoms with Crippen LogP contribution in [0.25, 0.3) is 0 Å². The van der Waals surface area contributed by atoms with Gasteiger partial charge >= 0.3 is 5.97 Å². The Labute approximate surface area is 132 Å². The van der Waals surface area contributed by atoms with E-state index in [1.165, 1.54) is 36.0 Å². The molecule has 2 rings (SSSR count). The first-order valence-corrected chi connectivity index (χ1v) is 8.59. The van der Waals surface area contributed by atoms with Crippen molar-refractivity contribution in [3.63, 3.8) is 0 Å². The van der Waals surface area contributed by atoms with Gasteiger partial charge in [-0.3, -0.25) is 4.79 Å². The summed E-state index contributed by atoms with van der Waals surface area (Å²) in [5.41, 5.74) is 3.46. The second kappa shape index (κ2) is 6.04. The Morgan fingerprint density at radius 2 is 1.76 bits per heavy atom. The van der Waals surface area contributed by atoms with Crippen LogP contribution in [-0.2, 0) is 20.4 Å². The molecular formula is C18H26O2S. The monoisotopic (exact) mass is 306 g/mol. The third-order valence-corrected chi connectivity index (χ3v) is 5.62. The van der Waals surface area contributed by atoms with Gasteiger partial charge in [-0.15, -0.1) is 11.8 Å². The molecule has 0 aromatic heterocycles. The van der Waals surface area contributed by atoms with Crippen molar-refractivity contribution in [3.8, 4) is 0 Å². The molecule has 3 heteroatoms. The summed E-state index contributed by atoms with van der Waals surface area (Å²) in [6.45, 7) is 9.35. The maximum Gasteiger partial charge on any atom is 0.306 e. The smallest absolute Gasteiger partial charge is 0.306 e. The fraction of sp³-hybridized carbons (Fsp3) is 0.611. The van der Waals surface area contributed by atoms with Gasteiger partial charge in [0.1, 0.15) is 0 Å². The lowest BCUT2D eigenvalue weighted by atomic mass is 9.63. The van der Waals surface area contributed by atoms with Gasteiger partial charge in [0.25, 0.3) is 0 Å². The summed E-state index contributed by atoms with van der Waals surface area (Å²) in [5, 5.41) is 0. The summed E-state index contributed by atoms with van der Waals surface area (Å²) >= 11 is 1.74. The highest BCUT2D eigenvalue weighted by Crippen LogP contribution is 2.46. The van der Waals surface area contributed by atoms with E-state index in [1.807, 2.05) is 0 Å². The number of carbonyl (C=O) groups excluding carboxylic acids is 1. The zero-order valence-corrected chi connectivity index (χ0v) is 14.6. The van der Waals surface area contributed by atoms with E-state index >= 15 is 0 Å². The Bertz CT molecular complexity index is 532. The second-order valence-corrected chi connectivity index (χ2v) is 8.32. The standard InChI is InChI=1S/C18H26O2S/c1-17(2)9-10-18(3,4)15-12-13(6-7-14(15)17)21-11-8-16(19)20-5/h6-7,12H,8-11H2,1-5H3. The minimum absolute atomic E-state index is 0.137. The van der Waals surface area contributed by atoms with Crippen molar-refractivity contribution in [2.45, 2.75) is 62.7 Å². The van der Waals surface area contributed by atoms with Crippen molar-refractivity contribution in [1.82, 2.24) is 0 Å². The Balaban J connectivity index is 2.19. The molecule has 1 aliphatic carbocycles. The predicted octanol–water partition coefficient (Wildman–Crippen LogP) is 4.69. The van der Waals surface area contributed by atoms with Crippen molar-refractivity contribution < 1.29 is 9.53 Å². The molecule has 1 aliphatic rings. The van der Waals surface area contributed by atoms with Crippen LogP contribution in [-0.4, -0.2) is 18.8 Å². The average Bonchev–Trinajstić information content (AvgIpc) is 2.44. The largest absolute Gasteiger partial charge is 0.469 e. The molecule has 0 amide bonds. The van der Waals surface area contributed by atoms with Gasteiger partial charge in [0.05, 0.1) is 13.5 Å². The van der Waals surface area contributed by atoms with E-state index in [1.54, 1.807) is 11.8 Å². The molecule has 0 saturated heterocycles. The van der Waals surface area contributed by atoms with Crippen LogP contribution in [0, 0.1) is 0 Å². The number of benzene rings is 1. The van der Waals surface area contributed by atoms with E-state index < -0.39 is 0 Å². The van der Waals surface area contributed by atoms with Crippen LogP contribution in [0.1, 0.15) is 58.1 Å². The highest BCUT2D eigenvalue weighted by Gasteiger charge is 2.36. The van der Waals surface area contributed by atoms with Crippen LogP contribution in [0.4, 0.5) is 0 Å². The van der Waals surface area contributed by atoms with Crippen LogP contribution in [0.3, 0.4) is 0 Å². The summed E-state index contributed by atoms with van der Waals surface area (Å²) in [5.74, 6) is 0.636. The van der Waals surface area contributed by atoms with E-state index in [0.29, 0.717) is 6.42 Å². The summed E-state index contributed by atoms with van der Waals surface area (Å²) in [6.07, 6.45) is 2.93. The topological polar surface area (TPSA) is 26.3 Å². The van der Waals surface area contributed by atoms with Gasteiger partial charge in [-0.2, -0.15) is 0 Å². The first-order chi connectivity index (χ1) is 9.76. The highest BCUT2D eigenvalue weighted by atomic mass is 32.2. The molecule has 0 radical (unpaired) electrons.